The van der Waals surface area contributed by atoms with Crippen molar-refractivity contribution in [3.8, 4) is 11.5 Å². The van der Waals surface area contributed by atoms with Gasteiger partial charge in [-0.15, -0.1) is 0 Å². The lowest BCUT2D eigenvalue weighted by molar-refractivity contribution is 0.0592. The van der Waals surface area contributed by atoms with Gasteiger partial charge in [0.05, 0.1) is 31.5 Å². The standard InChI is InChI=1S/C22H26O3.C12H10O3/c1-24-21(23)18-5-4-17-15-20(7-6-16(17)14-18)25-19-8-12-22(13-9-19)10-2-3-11-22;1-15-12(14)10-3-2-9-7-11(13)5-4-8(9)6-10/h4-7,14-15,19H,2-3,8-13H2,1H3;2-7,13H,1H3. The predicted octanol–water partition coefficient (Wildman–Crippen LogP) is 7.84. The number of phenols is 1. The molecule has 6 nitrogen and oxygen atoms in total. The van der Waals surface area contributed by atoms with Crippen molar-refractivity contribution in [3.05, 3.63) is 83.9 Å². The number of carbonyl (C=O) groups is 2. The fourth-order valence-electron chi connectivity index (χ4n) is 6.16. The second-order valence-corrected chi connectivity index (χ2v) is 11.0. The highest BCUT2D eigenvalue weighted by Crippen LogP contribution is 2.49. The van der Waals surface area contributed by atoms with E-state index >= 15 is 0 Å². The minimum absolute atomic E-state index is 0.216. The van der Waals surface area contributed by atoms with Gasteiger partial charge in [-0.3, -0.25) is 0 Å². The van der Waals surface area contributed by atoms with Gasteiger partial charge in [0, 0.05) is 0 Å². The van der Waals surface area contributed by atoms with Crippen molar-refractivity contribution in [1.82, 2.24) is 0 Å². The number of ether oxygens (including phenoxy) is 3. The van der Waals surface area contributed by atoms with Gasteiger partial charge in [-0.25, -0.2) is 9.59 Å². The van der Waals surface area contributed by atoms with Crippen LogP contribution in [0.15, 0.2) is 72.8 Å². The summed E-state index contributed by atoms with van der Waals surface area (Å²) in [4.78, 5) is 22.9. The summed E-state index contributed by atoms with van der Waals surface area (Å²) in [5.74, 6) is 0.495. The van der Waals surface area contributed by atoms with Crippen LogP contribution in [0.4, 0.5) is 0 Å². The Morgan fingerprint density at radius 3 is 1.75 bits per heavy atom. The lowest BCUT2D eigenvalue weighted by Crippen LogP contribution is -2.30. The summed E-state index contributed by atoms with van der Waals surface area (Å²) in [6, 6.07) is 21.9. The van der Waals surface area contributed by atoms with E-state index < -0.39 is 0 Å². The SMILES string of the molecule is COC(=O)c1ccc2cc(O)ccc2c1.COC(=O)c1ccc2cc(OC3CCC4(CCCC4)CC3)ccc2c1. The maximum atomic E-state index is 11.6. The third-order valence-electron chi connectivity index (χ3n) is 8.44. The summed E-state index contributed by atoms with van der Waals surface area (Å²) >= 11 is 0. The quantitative estimate of drug-likeness (QED) is 0.266. The molecule has 0 aromatic heterocycles. The van der Waals surface area contributed by atoms with Crippen LogP contribution in [0.5, 0.6) is 11.5 Å². The number of carbonyl (C=O) groups excluding carboxylic acids is 2. The molecule has 2 saturated carbocycles. The number of hydrogen-bond donors (Lipinski definition) is 1. The van der Waals surface area contributed by atoms with Gasteiger partial charge in [0.1, 0.15) is 11.5 Å². The monoisotopic (exact) mass is 540 g/mol. The molecule has 2 fully saturated rings. The van der Waals surface area contributed by atoms with E-state index in [1.165, 1.54) is 65.6 Å². The normalized spacial score (nSPS) is 16.4. The van der Waals surface area contributed by atoms with Gasteiger partial charge >= 0.3 is 11.9 Å². The van der Waals surface area contributed by atoms with E-state index in [0.29, 0.717) is 22.6 Å². The molecule has 0 amide bonds. The van der Waals surface area contributed by atoms with Gasteiger partial charge in [0.25, 0.3) is 0 Å². The first-order valence-corrected chi connectivity index (χ1v) is 14.0. The van der Waals surface area contributed by atoms with Gasteiger partial charge in [-0.1, -0.05) is 37.1 Å². The Labute approximate surface area is 234 Å². The van der Waals surface area contributed by atoms with Crippen LogP contribution in [-0.4, -0.2) is 37.4 Å². The molecule has 0 heterocycles. The highest BCUT2D eigenvalue weighted by atomic mass is 16.5. The molecular formula is C34H36O6. The molecular weight excluding hydrogens is 504 g/mol. The Morgan fingerprint density at radius 2 is 1.18 bits per heavy atom. The van der Waals surface area contributed by atoms with Crippen LogP contribution >= 0.6 is 0 Å². The Kier molecular flexibility index (Phi) is 8.24. The van der Waals surface area contributed by atoms with E-state index in [9.17, 15) is 14.7 Å². The van der Waals surface area contributed by atoms with E-state index in [2.05, 4.69) is 10.8 Å². The molecule has 40 heavy (non-hydrogen) atoms. The van der Waals surface area contributed by atoms with Crippen molar-refractivity contribution in [2.75, 3.05) is 14.2 Å². The lowest BCUT2D eigenvalue weighted by atomic mass is 9.72. The minimum Gasteiger partial charge on any atom is -0.508 e. The third kappa shape index (κ3) is 6.22. The highest BCUT2D eigenvalue weighted by Gasteiger charge is 2.38. The molecule has 2 aliphatic carbocycles. The second kappa shape index (κ2) is 12.0. The predicted molar refractivity (Wildman–Crippen MR) is 156 cm³/mol. The van der Waals surface area contributed by atoms with Crippen LogP contribution < -0.4 is 4.74 Å². The van der Waals surface area contributed by atoms with Crippen molar-refractivity contribution in [2.45, 2.75) is 57.5 Å². The van der Waals surface area contributed by atoms with Crippen molar-refractivity contribution >= 4 is 33.5 Å². The molecule has 6 rings (SSSR count). The van der Waals surface area contributed by atoms with Crippen LogP contribution in [0, 0.1) is 5.41 Å². The first-order valence-electron chi connectivity index (χ1n) is 14.0. The molecule has 1 spiro atoms. The van der Waals surface area contributed by atoms with Crippen LogP contribution in [0.25, 0.3) is 21.5 Å². The number of rotatable bonds is 4. The summed E-state index contributed by atoms with van der Waals surface area (Å²) in [6.45, 7) is 0. The minimum atomic E-state index is -0.357. The zero-order valence-corrected chi connectivity index (χ0v) is 23.2. The molecule has 0 radical (unpaired) electrons. The molecule has 0 saturated heterocycles. The summed E-state index contributed by atoms with van der Waals surface area (Å²) in [6.07, 6.45) is 11.1. The van der Waals surface area contributed by atoms with Crippen LogP contribution in [0.1, 0.15) is 72.1 Å². The van der Waals surface area contributed by atoms with Gasteiger partial charge in [0.15, 0.2) is 0 Å². The van der Waals surface area contributed by atoms with E-state index in [-0.39, 0.29) is 17.7 Å². The van der Waals surface area contributed by atoms with E-state index in [0.717, 1.165) is 27.3 Å². The first-order chi connectivity index (χ1) is 19.4. The molecule has 6 heteroatoms. The molecule has 4 aromatic rings. The Bertz CT molecular complexity index is 1510. The Hall–Kier alpha value is -4.06. The molecule has 2 aliphatic rings. The average Bonchev–Trinajstić information content (AvgIpc) is 3.45. The van der Waals surface area contributed by atoms with Crippen molar-refractivity contribution in [2.24, 2.45) is 5.41 Å². The number of fused-ring (bicyclic) bond motifs is 2. The molecule has 4 aromatic carbocycles. The van der Waals surface area contributed by atoms with Gasteiger partial charge < -0.3 is 19.3 Å². The largest absolute Gasteiger partial charge is 0.508 e. The van der Waals surface area contributed by atoms with Gasteiger partial charge in [-0.05, 0) is 114 Å². The van der Waals surface area contributed by atoms with E-state index in [1.54, 1.807) is 36.4 Å². The maximum absolute atomic E-state index is 11.6. The van der Waals surface area contributed by atoms with Crippen molar-refractivity contribution < 1.29 is 28.9 Å². The Balaban J connectivity index is 0.000000184. The maximum Gasteiger partial charge on any atom is 0.337 e. The van der Waals surface area contributed by atoms with Crippen LogP contribution in [0.2, 0.25) is 0 Å². The smallest absolute Gasteiger partial charge is 0.337 e. The summed E-state index contributed by atoms with van der Waals surface area (Å²) in [7, 11) is 2.76. The Morgan fingerprint density at radius 1 is 0.675 bits per heavy atom. The fourth-order valence-corrected chi connectivity index (χ4v) is 6.16. The van der Waals surface area contributed by atoms with Crippen molar-refractivity contribution in [3.63, 3.8) is 0 Å². The highest BCUT2D eigenvalue weighted by molar-refractivity contribution is 5.96. The summed E-state index contributed by atoms with van der Waals surface area (Å²) in [5.41, 5.74) is 1.74. The number of hydrogen-bond acceptors (Lipinski definition) is 6. The molecule has 0 atom stereocenters. The average molecular weight is 541 g/mol. The van der Waals surface area contributed by atoms with Gasteiger partial charge in [0.2, 0.25) is 0 Å². The number of methoxy groups -OCH3 is 2. The van der Waals surface area contributed by atoms with Gasteiger partial charge in [-0.2, -0.15) is 0 Å². The summed E-state index contributed by atoms with van der Waals surface area (Å²) in [5, 5.41) is 13.2. The van der Waals surface area contributed by atoms with Crippen LogP contribution in [-0.2, 0) is 9.47 Å². The van der Waals surface area contributed by atoms with E-state index in [4.69, 9.17) is 9.47 Å². The fraction of sp³-hybridized carbons (Fsp3) is 0.353. The third-order valence-corrected chi connectivity index (χ3v) is 8.44. The van der Waals surface area contributed by atoms with Crippen molar-refractivity contribution in [1.29, 1.82) is 0 Å². The molecule has 0 bridgehead atoms. The molecule has 208 valence electrons. The second-order valence-electron chi connectivity index (χ2n) is 11.0. The number of benzene rings is 4. The van der Waals surface area contributed by atoms with E-state index in [1.807, 2.05) is 30.3 Å². The molecule has 0 unspecified atom stereocenters. The summed E-state index contributed by atoms with van der Waals surface area (Å²) < 4.78 is 15.7. The molecule has 0 aliphatic heterocycles. The van der Waals surface area contributed by atoms with Crippen LogP contribution in [0.3, 0.4) is 0 Å². The first kappa shape index (κ1) is 27.5. The number of esters is 2. The lowest BCUT2D eigenvalue weighted by Gasteiger charge is -2.37. The zero-order valence-electron chi connectivity index (χ0n) is 23.2. The molecule has 1 N–H and O–H groups in total. The zero-order chi connectivity index (χ0) is 28.1. The topological polar surface area (TPSA) is 82.1 Å². The number of phenolic OH excluding ortho intramolecular Hbond substituents is 1. The number of aromatic hydroxyl groups is 1.